The number of hydrogen-bond donors (Lipinski definition) is 1. The molecule has 6 heteroatoms. The van der Waals surface area contributed by atoms with Gasteiger partial charge in [0.15, 0.2) is 0 Å². The molecule has 0 radical (unpaired) electrons. The summed E-state index contributed by atoms with van der Waals surface area (Å²) in [5.41, 5.74) is 1.77. The zero-order valence-electron chi connectivity index (χ0n) is 6.23. The molecule has 0 aliphatic rings. The molecule has 0 amide bonds. The highest BCUT2D eigenvalue weighted by Gasteiger charge is 2.30. The number of rotatable bonds is 2. The van der Waals surface area contributed by atoms with Crippen molar-refractivity contribution in [3.05, 3.63) is 29.3 Å². The third-order valence-electron chi connectivity index (χ3n) is 1.15. The van der Waals surface area contributed by atoms with Crippen LogP contribution in [0.5, 0.6) is 0 Å². The molecule has 1 rings (SSSR count). The molecule has 0 aliphatic carbocycles. The molecule has 0 saturated carbocycles. The molecule has 0 spiro atoms. The van der Waals surface area contributed by atoms with Crippen molar-refractivity contribution in [3.63, 3.8) is 0 Å². The predicted molar refractivity (Wildman–Crippen MR) is 42.2 cm³/mol. The Balaban J connectivity index is 2.60. The summed E-state index contributed by atoms with van der Waals surface area (Å²) in [6.07, 6.45) is -4.72. The Labute approximate surface area is 77.2 Å². The summed E-state index contributed by atoms with van der Waals surface area (Å²) in [5.74, 6) is 0. The molecule has 0 unspecified atom stereocenters. The van der Waals surface area contributed by atoms with E-state index >= 15 is 0 Å². The van der Waals surface area contributed by atoms with E-state index in [2.05, 4.69) is 4.84 Å². The third kappa shape index (κ3) is 3.52. The Morgan fingerprint density at radius 3 is 2.38 bits per heavy atom. The molecule has 1 aromatic rings. The van der Waals surface area contributed by atoms with Crippen LogP contribution in [0.2, 0.25) is 5.02 Å². The largest absolute Gasteiger partial charge is 0.543 e. The fraction of sp³-hybridized carbons (Fsp3) is 0.143. The summed E-state index contributed by atoms with van der Waals surface area (Å²) in [6.45, 7) is 0. The first kappa shape index (κ1) is 10.1. The van der Waals surface area contributed by atoms with Gasteiger partial charge in [-0.25, -0.2) is 0 Å². The van der Waals surface area contributed by atoms with Crippen molar-refractivity contribution >= 4 is 17.3 Å². The van der Waals surface area contributed by atoms with E-state index in [0.29, 0.717) is 0 Å². The smallest absolute Gasteiger partial charge is 0.257 e. The zero-order valence-corrected chi connectivity index (χ0v) is 6.99. The molecular weight excluding hydrogens is 207 g/mol. The number of para-hydroxylation sites is 1. The number of hydrogen-bond acceptors (Lipinski definition) is 2. The minimum atomic E-state index is -4.72. The maximum absolute atomic E-state index is 11.5. The average Bonchev–Trinajstić information content (AvgIpc) is 2.01. The van der Waals surface area contributed by atoms with Gasteiger partial charge < -0.3 is 0 Å². The molecule has 0 fully saturated rings. The Kier molecular flexibility index (Phi) is 3.00. The number of halogens is 4. The van der Waals surface area contributed by atoms with Crippen LogP contribution in [-0.2, 0) is 4.84 Å². The molecule has 0 aromatic heterocycles. The second-order valence-corrected chi connectivity index (χ2v) is 2.54. The molecular formula is C7H5ClF3NO. The van der Waals surface area contributed by atoms with Crippen molar-refractivity contribution in [3.8, 4) is 0 Å². The van der Waals surface area contributed by atoms with Crippen molar-refractivity contribution in [1.29, 1.82) is 0 Å². The first-order valence-electron chi connectivity index (χ1n) is 3.24. The van der Waals surface area contributed by atoms with E-state index in [1.54, 1.807) is 11.5 Å². The van der Waals surface area contributed by atoms with E-state index in [1.807, 2.05) is 0 Å². The van der Waals surface area contributed by atoms with Crippen LogP contribution in [0.15, 0.2) is 24.3 Å². The first-order chi connectivity index (χ1) is 5.99. The molecule has 0 heterocycles. The van der Waals surface area contributed by atoms with E-state index in [4.69, 9.17) is 11.6 Å². The number of benzene rings is 1. The minimum absolute atomic E-state index is 0.0708. The van der Waals surface area contributed by atoms with E-state index in [-0.39, 0.29) is 10.7 Å². The van der Waals surface area contributed by atoms with E-state index in [1.165, 1.54) is 18.2 Å². The van der Waals surface area contributed by atoms with Crippen LogP contribution in [0.25, 0.3) is 0 Å². The van der Waals surface area contributed by atoms with Gasteiger partial charge in [0.1, 0.15) is 0 Å². The Morgan fingerprint density at radius 1 is 1.23 bits per heavy atom. The number of nitrogens with one attached hydrogen (secondary N) is 1. The van der Waals surface area contributed by atoms with Gasteiger partial charge in [0, 0.05) is 0 Å². The Morgan fingerprint density at radius 2 is 1.85 bits per heavy atom. The van der Waals surface area contributed by atoms with E-state index in [9.17, 15) is 13.2 Å². The molecule has 72 valence electrons. The van der Waals surface area contributed by atoms with Gasteiger partial charge in [0.05, 0.1) is 10.7 Å². The van der Waals surface area contributed by atoms with Gasteiger partial charge in [-0.2, -0.15) is 4.84 Å². The zero-order chi connectivity index (χ0) is 9.90. The maximum atomic E-state index is 11.5. The van der Waals surface area contributed by atoms with Crippen LogP contribution in [0.3, 0.4) is 0 Å². The fourth-order valence-electron chi connectivity index (χ4n) is 0.657. The topological polar surface area (TPSA) is 21.3 Å². The van der Waals surface area contributed by atoms with Gasteiger partial charge in [-0.1, -0.05) is 23.7 Å². The Bertz CT molecular complexity index is 289. The minimum Gasteiger partial charge on any atom is -0.257 e. The monoisotopic (exact) mass is 211 g/mol. The number of alkyl halides is 3. The molecule has 2 nitrogen and oxygen atoms in total. The van der Waals surface area contributed by atoms with Crippen LogP contribution in [0, 0.1) is 0 Å². The molecule has 1 N–H and O–H groups in total. The Hall–Kier alpha value is -0.940. The second kappa shape index (κ2) is 3.85. The third-order valence-corrected chi connectivity index (χ3v) is 1.48. The molecule has 0 bridgehead atoms. The van der Waals surface area contributed by atoms with Gasteiger partial charge >= 0.3 is 6.36 Å². The van der Waals surface area contributed by atoms with E-state index < -0.39 is 6.36 Å². The van der Waals surface area contributed by atoms with Gasteiger partial charge in [-0.3, -0.25) is 5.48 Å². The summed E-state index contributed by atoms with van der Waals surface area (Å²) < 4.78 is 34.6. The van der Waals surface area contributed by atoms with Crippen molar-refractivity contribution in [2.75, 3.05) is 5.48 Å². The molecule has 1 aromatic carbocycles. The summed E-state index contributed by atoms with van der Waals surface area (Å²) in [7, 11) is 0. The summed E-state index contributed by atoms with van der Waals surface area (Å²) in [4.78, 5) is 3.36. The summed E-state index contributed by atoms with van der Waals surface area (Å²) in [6, 6.07) is 5.95. The van der Waals surface area contributed by atoms with Crippen molar-refractivity contribution < 1.29 is 18.0 Å². The molecule has 0 atom stereocenters. The SMILES string of the molecule is FC(F)(F)ONc1ccccc1Cl. The van der Waals surface area contributed by atoms with Gasteiger partial charge in [-0.15, -0.1) is 13.2 Å². The highest BCUT2D eigenvalue weighted by atomic mass is 35.5. The van der Waals surface area contributed by atoms with Gasteiger partial charge in [-0.05, 0) is 12.1 Å². The van der Waals surface area contributed by atoms with E-state index in [0.717, 1.165) is 0 Å². The quantitative estimate of drug-likeness (QED) is 0.759. The maximum Gasteiger partial charge on any atom is 0.543 e. The second-order valence-electron chi connectivity index (χ2n) is 2.13. The molecule has 0 aliphatic heterocycles. The first-order valence-corrected chi connectivity index (χ1v) is 3.62. The van der Waals surface area contributed by atoms with Gasteiger partial charge in [0.25, 0.3) is 0 Å². The van der Waals surface area contributed by atoms with Crippen LogP contribution in [0.1, 0.15) is 0 Å². The molecule has 0 saturated heterocycles. The standard InChI is InChI=1S/C7H5ClF3NO/c8-5-3-1-2-4-6(5)12-13-7(9,10)11/h1-4,12H. The molecule has 13 heavy (non-hydrogen) atoms. The van der Waals surface area contributed by atoms with Crippen molar-refractivity contribution in [1.82, 2.24) is 0 Å². The lowest BCUT2D eigenvalue weighted by molar-refractivity contribution is -0.311. The average molecular weight is 212 g/mol. The van der Waals surface area contributed by atoms with Crippen molar-refractivity contribution in [2.45, 2.75) is 6.36 Å². The predicted octanol–water partition coefficient (Wildman–Crippen LogP) is 3.20. The summed E-state index contributed by atoms with van der Waals surface area (Å²) >= 11 is 5.54. The van der Waals surface area contributed by atoms with Crippen LogP contribution in [-0.4, -0.2) is 6.36 Å². The summed E-state index contributed by atoms with van der Waals surface area (Å²) in [5, 5.41) is 0.159. The highest BCUT2D eigenvalue weighted by molar-refractivity contribution is 6.33. The van der Waals surface area contributed by atoms with Crippen LogP contribution < -0.4 is 5.48 Å². The normalized spacial score (nSPS) is 11.4. The van der Waals surface area contributed by atoms with Crippen LogP contribution in [0.4, 0.5) is 18.9 Å². The van der Waals surface area contributed by atoms with Gasteiger partial charge in [0.2, 0.25) is 0 Å². The fourth-order valence-corrected chi connectivity index (χ4v) is 0.831. The van der Waals surface area contributed by atoms with Crippen molar-refractivity contribution in [2.24, 2.45) is 0 Å². The lowest BCUT2D eigenvalue weighted by Gasteiger charge is -2.09. The lowest BCUT2D eigenvalue weighted by atomic mass is 10.3. The lowest BCUT2D eigenvalue weighted by Crippen LogP contribution is -2.18. The number of anilines is 1. The highest BCUT2D eigenvalue weighted by Crippen LogP contribution is 2.23. The van der Waals surface area contributed by atoms with Crippen LogP contribution >= 0.6 is 11.6 Å².